The highest BCUT2D eigenvalue weighted by atomic mass is 16.2. The second-order valence-corrected chi connectivity index (χ2v) is 5.82. The van der Waals surface area contributed by atoms with Gasteiger partial charge in [0, 0.05) is 19.6 Å². The van der Waals surface area contributed by atoms with Crippen LogP contribution in [-0.4, -0.2) is 30.6 Å². The minimum Gasteiger partial charge on any atom is -0.335 e. The van der Waals surface area contributed by atoms with Crippen molar-refractivity contribution in [3.8, 4) is 0 Å². The summed E-state index contributed by atoms with van der Waals surface area (Å²) in [4.78, 5) is 13.9. The Kier molecular flexibility index (Phi) is 4.69. The van der Waals surface area contributed by atoms with Gasteiger partial charge in [0.1, 0.15) is 0 Å². The number of nitrogens with zero attached hydrogens (tertiary/aromatic N) is 1. The first kappa shape index (κ1) is 12.7. The molecule has 2 saturated carbocycles. The molecule has 1 N–H and O–H groups in total. The molecular formula is C14H26N2O. The van der Waals surface area contributed by atoms with Crippen molar-refractivity contribution in [1.82, 2.24) is 10.2 Å². The molecule has 0 atom stereocenters. The van der Waals surface area contributed by atoms with E-state index in [1.54, 1.807) is 0 Å². The van der Waals surface area contributed by atoms with Crippen LogP contribution in [0.1, 0.15) is 57.8 Å². The Labute approximate surface area is 105 Å². The summed E-state index contributed by atoms with van der Waals surface area (Å²) in [6, 6.07) is 0.575. The molecule has 0 aromatic carbocycles. The maximum Gasteiger partial charge on any atom is 0.317 e. The molecule has 0 radical (unpaired) electrons. The standard InChI is InChI=1S/C14H26N2O/c1-16(11-12-7-5-6-8-12)14(17)15-13-9-3-2-4-10-13/h12-13H,2-11H2,1H3,(H,15,17). The molecule has 0 heterocycles. The Bertz CT molecular complexity index is 243. The van der Waals surface area contributed by atoms with Crippen molar-refractivity contribution in [2.45, 2.75) is 63.8 Å². The molecule has 3 heteroatoms. The van der Waals surface area contributed by atoms with E-state index in [2.05, 4.69) is 5.32 Å². The van der Waals surface area contributed by atoms with Crippen LogP contribution < -0.4 is 5.32 Å². The molecule has 17 heavy (non-hydrogen) atoms. The van der Waals surface area contributed by atoms with Crippen molar-refractivity contribution < 1.29 is 4.79 Å². The van der Waals surface area contributed by atoms with Gasteiger partial charge >= 0.3 is 6.03 Å². The predicted molar refractivity (Wildman–Crippen MR) is 70.0 cm³/mol. The number of rotatable bonds is 3. The smallest absolute Gasteiger partial charge is 0.317 e. The van der Waals surface area contributed by atoms with Gasteiger partial charge in [-0.05, 0) is 31.6 Å². The van der Waals surface area contributed by atoms with Crippen LogP contribution in [0.5, 0.6) is 0 Å². The molecule has 0 saturated heterocycles. The maximum atomic E-state index is 12.0. The van der Waals surface area contributed by atoms with Crippen molar-refractivity contribution in [3.63, 3.8) is 0 Å². The van der Waals surface area contributed by atoms with Crippen molar-refractivity contribution >= 4 is 6.03 Å². The minimum atomic E-state index is 0.142. The van der Waals surface area contributed by atoms with Gasteiger partial charge < -0.3 is 10.2 Å². The lowest BCUT2D eigenvalue weighted by molar-refractivity contribution is 0.193. The SMILES string of the molecule is CN(CC1CCCC1)C(=O)NC1CCCCC1. The van der Waals surface area contributed by atoms with E-state index >= 15 is 0 Å². The normalized spacial score (nSPS) is 22.6. The molecule has 0 aliphatic heterocycles. The summed E-state index contributed by atoms with van der Waals surface area (Å²) < 4.78 is 0. The molecule has 2 aliphatic carbocycles. The third-order valence-corrected chi connectivity index (χ3v) is 4.29. The lowest BCUT2D eigenvalue weighted by Crippen LogP contribution is -2.45. The maximum absolute atomic E-state index is 12.0. The van der Waals surface area contributed by atoms with Gasteiger partial charge in [0.05, 0.1) is 0 Å². The van der Waals surface area contributed by atoms with Gasteiger partial charge in [0.2, 0.25) is 0 Å². The summed E-state index contributed by atoms with van der Waals surface area (Å²) in [6.45, 7) is 0.943. The number of carbonyl (C=O) groups excluding carboxylic acids is 1. The van der Waals surface area contributed by atoms with Gasteiger partial charge in [0.25, 0.3) is 0 Å². The first-order valence-electron chi connectivity index (χ1n) is 7.27. The zero-order valence-corrected chi connectivity index (χ0v) is 11.1. The van der Waals surface area contributed by atoms with Crippen molar-refractivity contribution in [1.29, 1.82) is 0 Å². The van der Waals surface area contributed by atoms with Crippen LogP contribution in [0, 0.1) is 5.92 Å². The third-order valence-electron chi connectivity index (χ3n) is 4.29. The number of nitrogens with one attached hydrogen (secondary N) is 1. The van der Waals surface area contributed by atoms with Crippen LogP contribution in [0.25, 0.3) is 0 Å². The molecule has 2 rings (SSSR count). The topological polar surface area (TPSA) is 32.3 Å². The van der Waals surface area contributed by atoms with Gasteiger partial charge in [0.15, 0.2) is 0 Å². The summed E-state index contributed by atoms with van der Waals surface area (Å²) in [5.74, 6) is 0.747. The van der Waals surface area contributed by atoms with Crippen molar-refractivity contribution in [3.05, 3.63) is 0 Å². The Morgan fingerprint density at radius 1 is 1.06 bits per heavy atom. The Morgan fingerprint density at radius 3 is 2.29 bits per heavy atom. The van der Waals surface area contributed by atoms with E-state index in [4.69, 9.17) is 0 Å². The minimum absolute atomic E-state index is 0.142. The first-order valence-corrected chi connectivity index (χ1v) is 7.27. The number of amides is 2. The second-order valence-electron chi connectivity index (χ2n) is 5.82. The van der Waals surface area contributed by atoms with Gasteiger partial charge in [-0.1, -0.05) is 32.1 Å². The Morgan fingerprint density at radius 2 is 1.65 bits per heavy atom. The predicted octanol–water partition coefficient (Wildman–Crippen LogP) is 3.15. The highest BCUT2D eigenvalue weighted by Gasteiger charge is 2.21. The van der Waals surface area contributed by atoms with E-state index in [9.17, 15) is 4.79 Å². The number of hydrogen-bond donors (Lipinski definition) is 1. The van der Waals surface area contributed by atoms with Crippen LogP contribution >= 0.6 is 0 Å². The molecule has 0 aromatic rings. The Balaban J connectivity index is 1.70. The summed E-state index contributed by atoms with van der Waals surface area (Å²) in [5, 5.41) is 3.18. The van der Waals surface area contributed by atoms with Gasteiger partial charge in [-0.25, -0.2) is 4.79 Å². The van der Waals surface area contributed by atoms with E-state index in [-0.39, 0.29) is 6.03 Å². The van der Waals surface area contributed by atoms with Crippen LogP contribution in [-0.2, 0) is 0 Å². The van der Waals surface area contributed by atoms with Crippen LogP contribution in [0.15, 0.2) is 0 Å². The first-order chi connectivity index (χ1) is 8.25. The summed E-state index contributed by atoms with van der Waals surface area (Å²) in [6.07, 6.45) is 11.5. The third kappa shape index (κ3) is 3.90. The summed E-state index contributed by atoms with van der Waals surface area (Å²) >= 11 is 0. The van der Waals surface area contributed by atoms with Crippen molar-refractivity contribution in [2.75, 3.05) is 13.6 Å². The molecule has 2 fully saturated rings. The average Bonchev–Trinajstić information content (AvgIpc) is 2.83. The van der Waals surface area contributed by atoms with E-state index in [1.165, 1.54) is 57.8 Å². The lowest BCUT2D eigenvalue weighted by atomic mass is 9.96. The van der Waals surface area contributed by atoms with E-state index < -0.39 is 0 Å². The van der Waals surface area contributed by atoms with Crippen LogP contribution in [0.4, 0.5) is 4.79 Å². The van der Waals surface area contributed by atoms with E-state index in [1.807, 2.05) is 11.9 Å². The fourth-order valence-electron chi connectivity index (χ4n) is 3.19. The summed E-state index contributed by atoms with van der Waals surface area (Å²) in [5.41, 5.74) is 0. The molecule has 2 aliphatic rings. The van der Waals surface area contributed by atoms with E-state index in [0.717, 1.165) is 12.5 Å². The highest BCUT2D eigenvalue weighted by Crippen LogP contribution is 2.25. The molecule has 0 unspecified atom stereocenters. The zero-order chi connectivity index (χ0) is 12.1. The zero-order valence-electron chi connectivity index (χ0n) is 11.1. The van der Waals surface area contributed by atoms with Gasteiger partial charge in [-0.2, -0.15) is 0 Å². The van der Waals surface area contributed by atoms with Gasteiger partial charge in [-0.3, -0.25) is 0 Å². The Hall–Kier alpha value is -0.730. The molecule has 0 aromatic heterocycles. The molecule has 0 bridgehead atoms. The number of carbonyl (C=O) groups is 1. The molecule has 3 nitrogen and oxygen atoms in total. The lowest BCUT2D eigenvalue weighted by Gasteiger charge is -2.27. The number of hydrogen-bond acceptors (Lipinski definition) is 1. The number of urea groups is 1. The monoisotopic (exact) mass is 238 g/mol. The second kappa shape index (κ2) is 6.27. The average molecular weight is 238 g/mol. The van der Waals surface area contributed by atoms with Crippen LogP contribution in [0.3, 0.4) is 0 Å². The largest absolute Gasteiger partial charge is 0.335 e. The molecule has 2 amide bonds. The fraction of sp³-hybridized carbons (Fsp3) is 0.929. The van der Waals surface area contributed by atoms with Gasteiger partial charge in [-0.15, -0.1) is 0 Å². The molecule has 0 spiro atoms. The molecule has 98 valence electrons. The van der Waals surface area contributed by atoms with Crippen LogP contribution in [0.2, 0.25) is 0 Å². The highest BCUT2D eigenvalue weighted by molar-refractivity contribution is 5.74. The van der Waals surface area contributed by atoms with E-state index in [0.29, 0.717) is 6.04 Å². The summed E-state index contributed by atoms with van der Waals surface area (Å²) in [7, 11) is 1.94. The quantitative estimate of drug-likeness (QED) is 0.805. The van der Waals surface area contributed by atoms with Crippen molar-refractivity contribution in [2.24, 2.45) is 5.92 Å². The fourth-order valence-corrected chi connectivity index (χ4v) is 3.19. The molecular weight excluding hydrogens is 212 g/mol.